The van der Waals surface area contributed by atoms with Crippen molar-refractivity contribution in [3.63, 3.8) is 0 Å². The average Bonchev–Trinajstić information content (AvgIpc) is 3.31. The second-order valence-corrected chi connectivity index (χ2v) is 10.4. The van der Waals surface area contributed by atoms with E-state index in [-0.39, 0.29) is 30.6 Å². The Hall–Kier alpha value is -2.53. The third-order valence-corrected chi connectivity index (χ3v) is 7.21. The molecule has 31 heavy (non-hydrogen) atoms. The summed E-state index contributed by atoms with van der Waals surface area (Å²) in [6, 6.07) is 1.94. The molecule has 0 radical (unpaired) electrons. The topological polar surface area (TPSA) is 105 Å². The Morgan fingerprint density at radius 2 is 1.94 bits per heavy atom. The lowest BCUT2D eigenvalue weighted by molar-refractivity contribution is 0.174. The second kappa shape index (κ2) is 8.54. The highest BCUT2D eigenvalue weighted by molar-refractivity contribution is 7.87. The largest absolute Gasteiger partial charge is 0.465 e. The van der Waals surface area contributed by atoms with Crippen LogP contribution in [0.5, 0.6) is 0 Å². The maximum atomic E-state index is 15.6. The SMILES string of the molecule is CC(C)(C)C(Cc1cn(S(=O)(=O)N2CCCC2)c(-c2cccnc2F)c1F)NC(=O)O. The van der Waals surface area contributed by atoms with Crippen molar-refractivity contribution >= 4 is 16.3 Å². The molecule has 3 rings (SSSR count). The summed E-state index contributed by atoms with van der Waals surface area (Å²) in [5, 5.41) is 11.5. The smallest absolute Gasteiger partial charge is 0.404 e. The molecular weight excluding hydrogens is 430 g/mol. The maximum absolute atomic E-state index is 15.6. The van der Waals surface area contributed by atoms with Crippen LogP contribution in [0.3, 0.4) is 0 Å². The summed E-state index contributed by atoms with van der Waals surface area (Å²) in [7, 11) is -4.15. The Kier molecular flexibility index (Phi) is 6.38. The van der Waals surface area contributed by atoms with Crippen molar-refractivity contribution in [2.45, 2.75) is 46.1 Å². The van der Waals surface area contributed by atoms with Crippen molar-refractivity contribution in [3.05, 3.63) is 41.9 Å². The van der Waals surface area contributed by atoms with Gasteiger partial charge in [-0.1, -0.05) is 20.8 Å². The fraction of sp³-hybridized carbons (Fsp3) is 0.500. The average molecular weight is 457 g/mol. The highest BCUT2D eigenvalue weighted by Gasteiger charge is 2.35. The molecule has 0 aromatic carbocycles. The predicted molar refractivity (Wildman–Crippen MR) is 111 cm³/mol. The molecule has 2 aromatic rings. The van der Waals surface area contributed by atoms with Gasteiger partial charge < -0.3 is 10.4 Å². The molecule has 0 spiro atoms. The molecule has 2 N–H and O–H groups in total. The van der Waals surface area contributed by atoms with E-state index in [4.69, 9.17) is 0 Å². The summed E-state index contributed by atoms with van der Waals surface area (Å²) in [5.41, 5.74) is -1.35. The lowest BCUT2D eigenvalue weighted by Gasteiger charge is -2.30. The highest BCUT2D eigenvalue weighted by Crippen LogP contribution is 2.33. The number of rotatable bonds is 6. The highest BCUT2D eigenvalue weighted by atomic mass is 32.2. The van der Waals surface area contributed by atoms with Crippen molar-refractivity contribution in [2.24, 2.45) is 5.41 Å². The third kappa shape index (κ3) is 4.72. The minimum Gasteiger partial charge on any atom is -0.465 e. The Morgan fingerprint density at radius 3 is 2.48 bits per heavy atom. The molecular formula is C20H26F2N4O4S. The molecule has 0 bridgehead atoms. The Labute approximate surface area is 180 Å². The molecule has 1 unspecified atom stereocenters. The number of pyridine rings is 1. The zero-order valence-corrected chi connectivity index (χ0v) is 18.4. The van der Waals surface area contributed by atoms with Crippen molar-refractivity contribution in [3.8, 4) is 11.3 Å². The van der Waals surface area contributed by atoms with Gasteiger partial charge in [0.1, 0.15) is 5.69 Å². The van der Waals surface area contributed by atoms with Gasteiger partial charge in [0, 0.05) is 37.1 Å². The second-order valence-electron chi connectivity index (χ2n) is 8.64. The van der Waals surface area contributed by atoms with Crippen LogP contribution in [0.25, 0.3) is 11.3 Å². The van der Waals surface area contributed by atoms with Gasteiger partial charge in [-0.15, -0.1) is 0 Å². The van der Waals surface area contributed by atoms with Crippen molar-refractivity contribution < 1.29 is 27.1 Å². The van der Waals surface area contributed by atoms with E-state index in [0.717, 1.165) is 10.2 Å². The first-order chi connectivity index (χ1) is 14.4. The van der Waals surface area contributed by atoms with Crippen LogP contribution >= 0.6 is 0 Å². The Bertz CT molecular complexity index is 1070. The zero-order chi connectivity index (χ0) is 23.0. The van der Waals surface area contributed by atoms with Gasteiger partial charge in [-0.3, -0.25) is 0 Å². The number of nitrogens with one attached hydrogen (secondary N) is 1. The first-order valence-electron chi connectivity index (χ1n) is 9.93. The van der Waals surface area contributed by atoms with Crippen LogP contribution in [0.2, 0.25) is 0 Å². The number of carbonyl (C=O) groups is 1. The van der Waals surface area contributed by atoms with E-state index in [1.165, 1.54) is 22.6 Å². The standard InChI is InChI=1S/C20H26F2N4O4S/c1-20(2,3)15(24-19(27)28)11-13-12-26(31(29,30)25-9-4-5-10-25)17(16(13)21)14-7-6-8-23-18(14)22/h6-8,12,15,24H,4-5,9-11H2,1-3H3,(H,27,28). The Morgan fingerprint density at radius 1 is 1.29 bits per heavy atom. The van der Waals surface area contributed by atoms with Gasteiger partial charge in [-0.25, -0.2) is 18.1 Å². The predicted octanol–water partition coefficient (Wildman–Crippen LogP) is 3.24. The quantitative estimate of drug-likeness (QED) is 0.650. The van der Waals surface area contributed by atoms with Gasteiger partial charge in [0.2, 0.25) is 5.95 Å². The summed E-state index contributed by atoms with van der Waals surface area (Å²) in [6.07, 6.45) is 2.28. The lowest BCUT2D eigenvalue weighted by Crippen LogP contribution is -2.44. The van der Waals surface area contributed by atoms with Crippen molar-refractivity contribution in [2.75, 3.05) is 13.1 Å². The molecule has 1 aliphatic heterocycles. The maximum Gasteiger partial charge on any atom is 0.404 e. The lowest BCUT2D eigenvalue weighted by atomic mass is 9.83. The molecule has 11 heteroatoms. The molecule has 2 aromatic heterocycles. The number of aromatic nitrogens is 2. The van der Waals surface area contributed by atoms with E-state index >= 15 is 4.39 Å². The van der Waals surface area contributed by atoms with Crippen molar-refractivity contribution in [1.29, 1.82) is 0 Å². The van der Waals surface area contributed by atoms with E-state index in [1.54, 1.807) is 20.8 Å². The van der Waals surface area contributed by atoms with Crippen LogP contribution in [-0.4, -0.2) is 52.0 Å². The molecule has 1 fully saturated rings. The monoisotopic (exact) mass is 456 g/mol. The number of nitrogens with zero attached hydrogens (tertiary/aromatic N) is 3. The Balaban J connectivity index is 2.16. The van der Waals surface area contributed by atoms with E-state index in [2.05, 4.69) is 10.3 Å². The fourth-order valence-electron chi connectivity index (χ4n) is 3.62. The third-order valence-electron chi connectivity index (χ3n) is 5.40. The summed E-state index contributed by atoms with van der Waals surface area (Å²) >= 11 is 0. The van der Waals surface area contributed by atoms with Gasteiger partial charge in [0.15, 0.2) is 5.82 Å². The molecule has 0 aliphatic carbocycles. The van der Waals surface area contributed by atoms with E-state index < -0.39 is 45.2 Å². The van der Waals surface area contributed by atoms with Gasteiger partial charge in [-0.05, 0) is 36.8 Å². The van der Waals surface area contributed by atoms with Gasteiger partial charge in [0.25, 0.3) is 0 Å². The molecule has 1 saturated heterocycles. The normalized spacial score (nSPS) is 16.4. The van der Waals surface area contributed by atoms with Crippen LogP contribution < -0.4 is 5.32 Å². The van der Waals surface area contributed by atoms with E-state index in [1.807, 2.05) is 0 Å². The first kappa shape index (κ1) is 23.1. The van der Waals surface area contributed by atoms with Crippen molar-refractivity contribution in [1.82, 2.24) is 18.6 Å². The van der Waals surface area contributed by atoms with Crippen LogP contribution in [0.15, 0.2) is 24.5 Å². The molecule has 1 amide bonds. The number of hydrogen-bond acceptors (Lipinski definition) is 4. The molecule has 3 heterocycles. The number of amides is 1. The summed E-state index contributed by atoms with van der Waals surface area (Å²) in [4.78, 5) is 14.8. The molecule has 170 valence electrons. The summed E-state index contributed by atoms with van der Waals surface area (Å²) in [6.45, 7) is 5.93. The van der Waals surface area contributed by atoms with E-state index in [9.17, 15) is 22.7 Å². The zero-order valence-electron chi connectivity index (χ0n) is 17.6. The summed E-state index contributed by atoms with van der Waals surface area (Å²) < 4.78 is 58.5. The van der Waals surface area contributed by atoms with Gasteiger partial charge >= 0.3 is 16.3 Å². The van der Waals surface area contributed by atoms with E-state index in [0.29, 0.717) is 12.8 Å². The first-order valence-corrected chi connectivity index (χ1v) is 11.3. The van der Waals surface area contributed by atoms with Crippen LogP contribution in [0, 0.1) is 17.2 Å². The molecule has 8 nitrogen and oxygen atoms in total. The van der Waals surface area contributed by atoms with Crippen LogP contribution in [0.4, 0.5) is 13.6 Å². The molecule has 1 atom stereocenters. The van der Waals surface area contributed by atoms with Crippen LogP contribution in [-0.2, 0) is 16.6 Å². The van der Waals surface area contributed by atoms with Gasteiger partial charge in [0.05, 0.1) is 5.56 Å². The summed E-state index contributed by atoms with van der Waals surface area (Å²) in [5.74, 6) is -1.92. The number of halogens is 2. The minimum atomic E-state index is -4.15. The minimum absolute atomic E-state index is 0.0327. The van der Waals surface area contributed by atoms with Gasteiger partial charge in [-0.2, -0.15) is 17.1 Å². The number of hydrogen-bond donors (Lipinski definition) is 2. The molecule has 1 aliphatic rings. The fourth-order valence-corrected chi connectivity index (χ4v) is 5.26. The van der Waals surface area contributed by atoms with Crippen LogP contribution in [0.1, 0.15) is 39.2 Å². The number of carboxylic acid groups (broad SMARTS) is 1. The molecule has 0 saturated carbocycles.